The number of aromatic nitrogens is 3. The van der Waals surface area contributed by atoms with Crippen LogP contribution in [0.25, 0.3) is 11.3 Å². The van der Waals surface area contributed by atoms with Crippen LogP contribution in [0.15, 0.2) is 53.7 Å². The highest BCUT2D eigenvalue weighted by Crippen LogP contribution is 2.20. The lowest BCUT2D eigenvalue weighted by atomic mass is 10.1. The summed E-state index contributed by atoms with van der Waals surface area (Å²) < 4.78 is 5.19. The molecule has 3 rings (SSSR count). The summed E-state index contributed by atoms with van der Waals surface area (Å²) in [5.74, 6) is 0.308. The number of benzene rings is 1. The molecule has 0 aliphatic carbocycles. The third-order valence-corrected chi connectivity index (χ3v) is 2.91. The molecular weight excluding hydrogens is 292 g/mol. The van der Waals surface area contributed by atoms with Gasteiger partial charge in [-0.1, -0.05) is 11.6 Å². The maximum Gasteiger partial charge on any atom is 0.275 e. The van der Waals surface area contributed by atoms with E-state index in [0.717, 1.165) is 5.56 Å². The average Bonchev–Trinajstić information content (AvgIpc) is 3.03. The van der Waals surface area contributed by atoms with Gasteiger partial charge in [-0.3, -0.25) is 4.79 Å². The van der Waals surface area contributed by atoms with Crippen molar-refractivity contribution in [2.75, 3.05) is 5.32 Å². The molecular formula is C14H9ClN4O2. The van der Waals surface area contributed by atoms with E-state index >= 15 is 0 Å². The van der Waals surface area contributed by atoms with Crippen LogP contribution in [0, 0.1) is 0 Å². The number of anilines is 1. The first-order valence-electron chi connectivity index (χ1n) is 6.00. The molecule has 7 heteroatoms. The van der Waals surface area contributed by atoms with Crippen LogP contribution in [0.5, 0.6) is 0 Å². The number of rotatable bonds is 3. The molecule has 0 unspecified atom stereocenters. The molecule has 104 valence electrons. The highest BCUT2D eigenvalue weighted by molar-refractivity contribution is 6.29. The van der Waals surface area contributed by atoms with Crippen LogP contribution in [0.1, 0.15) is 10.5 Å². The van der Waals surface area contributed by atoms with E-state index in [2.05, 4.69) is 20.3 Å². The van der Waals surface area contributed by atoms with Crippen LogP contribution >= 0.6 is 11.6 Å². The fourth-order valence-electron chi connectivity index (χ4n) is 1.70. The first kappa shape index (κ1) is 13.3. The molecule has 21 heavy (non-hydrogen) atoms. The minimum Gasteiger partial charge on any atom is -0.444 e. The topological polar surface area (TPSA) is 80.9 Å². The smallest absolute Gasteiger partial charge is 0.275 e. The van der Waals surface area contributed by atoms with E-state index < -0.39 is 0 Å². The van der Waals surface area contributed by atoms with Crippen molar-refractivity contribution in [3.63, 3.8) is 0 Å². The Morgan fingerprint density at radius 3 is 2.52 bits per heavy atom. The van der Waals surface area contributed by atoms with Crippen LogP contribution in [-0.4, -0.2) is 20.9 Å². The first-order chi connectivity index (χ1) is 10.2. The van der Waals surface area contributed by atoms with E-state index in [0.29, 0.717) is 11.4 Å². The van der Waals surface area contributed by atoms with Gasteiger partial charge < -0.3 is 9.73 Å². The molecule has 1 amide bonds. The van der Waals surface area contributed by atoms with Crippen LogP contribution in [-0.2, 0) is 0 Å². The zero-order valence-electron chi connectivity index (χ0n) is 10.7. The third-order valence-electron chi connectivity index (χ3n) is 2.71. The molecule has 0 bridgehead atoms. The molecule has 0 atom stereocenters. The SMILES string of the molecule is O=C(Nc1ccc(-c2cnco2)cc1)c1cnc(Cl)cn1. The van der Waals surface area contributed by atoms with Crippen LogP contribution in [0.2, 0.25) is 5.15 Å². The molecule has 2 heterocycles. The predicted octanol–water partition coefficient (Wildman–Crippen LogP) is 3.04. The highest BCUT2D eigenvalue weighted by atomic mass is 35.5. The second-order valence-electron chi connectivity index (χ2n) is 4.12. The van der Waals surface area contributed by atoms with Gasteiger partial charge in [0.05, 0.1) is 18.6 Å². The van der Waals surface area contributed by atoms with E-state index in [1.54, 1.807) is 18.3 Å². The number of nitrogens with one attached hydrogen (secondary N) is 1. The summed E-state index contributed by atoms with van der Waals surface area (Å²) in [5.41, 5.74) is 1.70. The van der Waals surface area contributed by atoms with Gasteiger partial charge >= 0.3 is 0 Å². The zero-order chi connectivity index (χ0) is 14.7. The number of amides is 1. The molecule has 0 radical (unpaired) electrons. The molecule has 1 aromatic carbocycles. The van der Waals surface area contributed by atoms with Gasteiger partial charge in [0.25, 0.3) is 5.91 Å². The third kappa shape index (κ3) is 3.06. The lowest BCUT2D eigenvalue weighted by Gasteiger charge is -2.05. The van der Waals surface area contributed by atoms with Crippen LogP contribution < -0.4 is 5.32 Å². The number of carbonyl (C=O) groups is 1. The average molecular weight is 301 g/mol. The Hall–Kier alpha value is -2.73. The minimum absolute atomic E-state index is 0.193. The second-order valence-corrected chi connectivity index (χ2v) is 4.51. The summed E-state index contributed by atoms with van der Waals surface area (Å²) in [4.78, 5) is 23.5. The zero-order valence-corrected chi connectivity index (χ0v) is 11.4. The second kappa shape index (κ2) is 5.72. The van der Waals surface area contributed by atoms with Gasteiger partial charge in [0.1, 0.15) is 10.8 Å². The number of hydrogen-bond acceptors (Lipinski definition) is 5. The Balaban J connectivity index is 1.73. The maximum absolute atomic E-state index is 12.0. The molecule has 0 spiro atoms. The molecule has 0 fully saturated rings. The van der Waals surface area contributed by atoms with Crippen molar-refractivity contribution in [1.29, 1.82) is 0 Å². The van der Waals surface area contributed by atoms with Crippen LogP contribution in [0.3, 0.4) is 0 Å². The van der Waals surface area contributed by atoms with Gasteiger partial charge in [0.15, 0.2) is 12.2 Å². The molecule has 0 aliphatic heterocycles. The Bertz CT molecular complexity index is 740. The van der Waals surface area contributed by atoms with Crippen molar-refractivity contribution in [2.24, 2.45) is 0 Å². The molecule has 1 N–H and O–H groups in total. The molecule has 0 aliphatic rings. The standard InChI is InChI=1S/C14H9ClN4O2/c15-13-7-17-11(5-18-13)14(20)19-10-3-1-9(2-4-10)12-6-16-8-21-12/h1-8H,(H,19,20). The van der Waals surface area contributed by atoms with E-state index in [1.165, 1.54) is 18.8 Å². The summed E-state index contributed by atoms with van der Waals surface area (Å²) in [6.07, 6.45) is 5.63. The monoisotopic (exact) mass is 300 g/mol. The minimum atomic E-state index is -0.355. The lowest BCUT2D eigenvalue weighted by molar-refractivity contribution is 0.102. The van der Waals surface area contributed by atoms with E-state index in [1.807, 2.05) is 12.1 Å². The van der Waals surface area contributed by atoms with Gasteiger partial charge in [-0.25, -0.2) is 15.0 Å². The van der Waals surface area contributed by atoms with Crippen molar-refractivity contribution in [3.8, 4) is 11.3 Å². The highest BCUT2D eigenvalue weighted by Gasteiger charge is 2.08. The molecule has 0 saturated carbocycles. The van der Waals surface area contributed by atoms with Crippen molar-refractivity contribution in [2.45, 2.75) is 0 Å². The largest absolute Gasteiger partial charge is 0.444 e. The molecule has 2 aromatic heterocycles. The fourth-order valence-corrected chi connectivity index (χ4v) is 1.80. The summed E-state index contributed by atoms with van der Waals surface area (Å²) in [5, 5.41) is 2.96. The van der Waals surface area contributed by atoms with Crippen LogP contribution in [0.4, 0.5) is 5.69 Å². The van der Waals surface area contributed by atoms with Gasteiger partial charge in [0, 0.05) is 11.3 Å². The molecule has 6 nitrogen and oxygen atoms in total. The van der Waals surface area contributed by atoms with Gasteiger partial charge in [-0.2, -0.15) is 0 Å². The van der Waals surface area contributed by atoms with E-state index in [9.17, 15) is 4.79 Å². The Labute approximate surface area is 124 Å². The predicted molar refractivity (Wildman–Crippen MR) is 76.9 cm³/mol. The van der Waals surface area contributed by atoms with Gasteiger partial charge in [0.2, 0.25) is 0 Å². The summed E-state index contributed by atoms with van der Waals surface area (Å²) in [6, 6.07) is 7.17. The number of nitrogens with zero attached hydrogens (tertiary/aromatic N) is 3. The van der Waals surface area contributed by atoms with Crippen molar-refractivity contribution in [1.82, 2.24) is 15.0 Å². The number of carbonyl (C=O) groups excluding carboxylic acids is 1. The van der Waals surface area contributed by atoms with E-state index in [4.69, 9.17) is 16.0 Å². The fraction of sp³-hybridized carbons (Fsp3) is 0. The number of hydrogen-bond donors (Lipinski definition) is 1. The maximum atomic E-state index is 12.0. The number of oxazole rings is 1. The summed E-state index contributed by atoms with van der Waals surface area (Å²) >= 11 is 5.62. The first-order valence-corrected chi connectivity index (χ1v) is 6.38. The normalized spacial score (nSPS) is 10.3. The molecule has 3 aromatic rings. The quantitative estimate of drug-likeness (QED) is 0.804. The van der Waals surface area contributed by atoms with Gasteiger partial charge in [-0.15, -0.1) is 0 Å². The van der Waals surface area contributed by atoms with Gasteiger partial charge in [-0.05, 0) is 24.3 Å². The van der Waals surface area contributed by atoms with Crippen molar-refractivity contribution < 1.29 is 9.21 Å². The summed E-state index contributed by atoms with van der Waals surface area (Å²) in [7, 11) is 0. The molecule has 0 saturated heterocycles. The van der Waals surface area contributed by atoms with Crippen molar-refractivity contribution in [3.05, 3.63) is 60.1 Å². The lowest BCUT2D eigenvalue weighted by Crippen LogP contribution is -2.13. The Morgan fingerprint density at radius 1 is 1.10 bits per heavy atom. The van der Waals surface area contributed by atoms with Crippen molar-refractivity contribution >= 4 is 23.2 Å². The number of halogens is 1. The Morgan fingerprint density at radius 2 is 1.90 bits per heavy atom. The summed E-state index contributed by atoms with van der Waals surface area (Å²) in [6.45, 7) is 0. The Kier molecular flexibility index (Phi) is 3.61. The van der Waals surface area contributed by atoms with E-state index in [-0.39, 0.29) is 16.8 Å².